The van der Waals surface area contributed by atoms with E-state index < -0.39 is 0 Å². The van der Waals surface area contributed by atoms with Gasteiger partial charge in [0.05, 0.1) is 19.9 Å². The van der Waals surface area contributed by atoms with Crippen LogP contribution >= 0.6 is 0 Å². The highest BCUT2D eigenvalue weighted by molar-refractivity contribution is 5.91. The Morgan fingerprint density at radius 3 is 2.54 bits per heavy atom. The molecule has 8 nitrogen and oxygen atoms in total. The molecule has 2 heterocycles. The lowest BCUT2D eigenvalue weighted by molar-refractivity contribution is 0.0634. The average Bonchev–Trinajstić information content (AvgIpc) is 3.26. The van der Waals surface area contributed by atoms with Crippen molar-refractivity contribution in [3.63, 3.8) is 0 Å². The van der Waals surface area contributed by atoms with Crippen molar-refractivity contribution in [2.24, 2.45) is 0 Å². The summed E-state index contributed by atoms with van der Waals surface area (Å²) in [6.45, 7) is 4.60. The van der Waals surface area contributed by atoms with Gasteiger partial charge >= 0.3 is 6.03 Å². The van der Waals surface area contributed by atoms with E-state index in [4.69, 9.17) is 13.9 Å². The molecule has 0 radical (unpaired) electrons. The maximum absolute atomic E-state index is 12.3. The Hall–Kier alpha value is -3.16. The lowest BCUT2D eigenvalue weighted by Gasteiger charge is -2.34. The van der Waals surface area contributed by atoms with Crippen molar-refractivity contribution in [2.45, 2.75) is 6.92 Å². The first-order valence-corrected chi connectivity index (χ1v) is 9.21. The second kappa shape index (κ2) is 9.16. The molecule has 28 heavy (non-hydrogen) atoms. The SMILES string of the molecule is COc1cc(C)ccc1OCCNC(=O)N1CCN(C(=O)c2ccco2)CC1. The number of aryl methyl sites for hydroxylation is 1. The number of furan rings is 1. The Labute approximate surface area is 164 Å². The van der Waals surface area contributed by atoms with Crippen molar-refractivity contribution >= 4 is 11.9 Å². The second-order valence-corrected chi connectivity index (χ2v) is 6.49. The van der Waals surface area contributed by atoms with Crippen LogP contribution in [0.3, 0.4) is 0 Å². The van der Waals surface area contributed by atoms with Crippen LogP contribution in [0.15, 0.2) is 41.0 Å². The van der Waals surface area contributed by atoms with Gasteiger partial charge < -0.3 is 29.0 Å². The molecule has 2 aromatic rings. The number of amides is 3. The molecule has 3 rings (SSSR count). The van der Waals surface area contributed by atoms with Crippen molar-refractivity contribution in [3.05, 3.63) is 47.9 Å². The number of nitrogens with one attached hydrogen (secondary N) is 1. The molecule has 0 spiro atoms. The Balaban J connectivity index is 1.39. The van der Waals surface area contributed by atoms with Crippen LogP contribution in [0.25, 0.3) is 0 Å². The second-order valence-electron chi connectivity index (χ2n) is 6.49. The van der Waals surface area contributed by atoms with E-state index in [1.807, 2.05) is 25.1 Å². The first-order chi connectivity index (χ1) is 13.6. The summed E-state index contributed by atoms with van der Waals surface area (Å²) in [5.41, 5.74) is 1.09. The third-order valence-electron chi connectivity index (χ3n) is 4.54. The van der Waals surface area contributed by atoms with Crippen LogP contribution in [0.1, 0.15) is 16.1 Å². The normalized spacial score (nSPS) is 13.9. The quantitative estimate of drug-likeness (QED) is 0.768. The number of carbonyl (C=O) groups is 2. The largest absolute Gasteiger partial charge is 0.493 e. The van der Waals surface area contributed by atoms with E-state index in [-0.39, 0.29) is 11.9 Å². The molecule has 1 N–H and O–H groups in total. The maximum atomic E-state index is 12.3. The summed E-state index contributed by atoms with van der Waals surface area (Å²) < 4.78 is 16.1. The van der Waals surface area contributed by atoms with E-state index in [1.54, 1.807) is 29.0 Å². The molecule has 8 heteroatoms. The number of hydrogen-bond acceptors (Lipinski definition) is 5. The van der Waals surface area contributed by atoms with Crippen molar-refractivity contribution in [2.75, 3.05) is 46.4 Å². The van der Waals surface area contributed by atoms with Gasteiger partial charge in [-0.05, 0) is 36.8 Å². The minimum absolute atomic E-state index is 0.148. The van der Waals surface area contributed by atoms with Crippen molar-refractivity contribution < 1.29 is 23.5 Å². The molecule has 1 saturated heterocycles. The first kappa shape index (κ1) is 19.6. The number of carbonyl (C=O) groups excluding carboxylic acids is 2. The molecular weight excluding hydrogens is 362 g/mol. The summed E-state index contributed by atoms with van der Waals surface area (Å²) in [7, 11) is 1.60. The Morgan fingerprint density at radius 2 is 1.86 bits per heavy atom. The van der Waals surface area contributed by atoms with E-state index in [0.717, 1.165) is 5.56 Å². The fourth-order valence-electron chi connectivity index (χ4n) is 2.99. The number of piperazine rings is 1. The van der Waals surface area contributed by atoms with Gasteiger partial charge in [-0.1, -0.05) is 6.07 Å². The molecular formula is C20H25N3O5. The zero-order valence-electron chi connectivity index (χ0n) is 16.1. The highest BCUT2D eigenvalue weighted by Gasteiger charge is 2.25. The fourth-order valence-corrected chi connectivity index (χ4v) is 2.99. The number of hydrogen-bond donors (Lipinski definition) is 1. The monoisotopic (exact) mass is 387 g/mol. The van der Waals surface area contributed by atoms with Crippen LogP contribution in [-0.2, 0) is 0 Å². The molecule has 1 aromatic carbocycles. The summed E-state index contributed by atoms with van der Waals surface area (Å²) >= 11 is 0. The molecule has 3 amide bonds. The Kier molecular flexibility index (Phi) is 6.41. The minimum atomic E-state index is -0.162. The number of urea groups is 1. The smallest absolute Gasteiger partial charge is 0.317 e. The average molecular weight is 387 g/mol. The lowest BCUT2D eigenvalue weighted by Crippen LogP contribution is -2.53. The van der Waals surface area contributed by atoms with Crippen LogP contribution in [0, 0.1) is 6.92 Å². The van der Waals surface area contributed by atoms with Gasteiger partial charge in [-0.2, -0.15) is 0 Å². The lowest BCUT2D eigenvalue weighted by atomic mass is 10.2. The summed E-state index contributed by atoms with van der Waals surface area (Å²) in [4.78, 5) is 27.9. The fraction of sp³-hybridized carbons (Fsp3) is 0.400. The van der Waals surface area contributed by atoms with E-state index in [0.29, 0.717) is 56.6 Å². The molecule has 150 valence electrons. The topological polar surface area (TPSA) is 84.3 Å². The Bertz CT molecular complexity index is 798. The van der Waals surface area contributed by atoms with Crippen LogP contribution in [0.2, 0.25) is 0 Å². The zero-order valence-corrected chi connectivity index (χ0v) is 16.1. The van der Waals surface area contributed by atoms with Gasteiger partial charge in [-0.25, -0.2) is 4.79 Å². The van der Waals surface area contributed by atoms with Gasteiger partial charge in [0, 0.05) is 26.2 Å². The van der Waals surface area contributed by atoms with Crippen LogP contribution in [-0.4, -0.2) is 68.2 Å². The number of methoxy groups -OCH3 is 1. The third-order valence-corrected chi connectivity index (χ3v) is 4.54. The van der Waals surface area contributed by atoms with Gasteiger partial charge in [0.1, 0.15) is 6.61 Å². The predicted octanol–water partition coefficient (Wildman–Crippen LogP) is 2.14. The highest BCUT2D eigenvalue weighted by Crippen LogP contribution is 2.27. The number of ether oxygens (including phenoxy) is 2. The van der Waals surface area contributed by atoms with E-state index in [9.17, 15) is 9.59 Å². The first-order valence-electron chi connectivity index (χ1n) is 9.21. The van der Waals surface area contributed by atoms with Crippen LogP contribution in [0.4, 0.5) is 4.79 Å². The molecule has 1 aliphatic rings. The number of rotatable bonds is 6. The minimum Gasteiger partial charge on any atom is -0.493 e. The predicted molar refractivity (Wildman–Crippen MR) is 103 cm³/mol. The van der Waals surface area contributed by atoms with Gasteiger partial charge in [0.2, 0.25) is 0 Å². The number of nitrogens with zero attached hydrogens (tertiary/aromatic N) is 2. The molecule has 1 fully saturated rings. The summed E-state index contributed by atoms with van der Waals surface area (Å²) in [5, 5.41) is 2.84. The molecule has 0 atom stereocenters. The maximum Gasteiger partial charge on any atom is 0.317 e. The van der Waals surface area contributed by atoms with Gasteiger partial charge in [0.25, 0.3) is 5.91 Å². The molecule has 0 unspecified atom stereocenters. The van der Waals surface area contributed by atoms with Crippen molar-refractivity contribution in [3.8, 4) is 11.5 Å². The Morgan fingerprint density at radius 1 is 1.11 bits per heavy atom. The van der Waals surface area contributed by atoms with E-state index in [1.165, 1.54) is 6.26 Å². The van der Waals surface area contributed by atoms with Crippen LogP contribution < -0.4 is 14.8 Å². The molecule has 0 saturated carbocycles. The van der Waals surface area contributed by atoms with E-state index in [2.05, 4.69) is 5.32 Å². The summed E-state index contributed by atoms with van der Waals surface area (Å²) in [6, 6.07) is 8.86. The third kappa shape index (κ3) is 4.76. The van der Waals surface area contributed by atoms with Crippen molar-refractivity contribution in [1.29, 1.82) is 0 Å². The van der Waals surface area contributed by atoms with Gasteiger partial charge in [0.15, 0.2) is 17.3 Å². The summed E-state index contributed by atoms with van der Waals surface area (Å²) in [6.07, 6.45) is 1.48. The van der Waals surface area contributed by atoms with Gasteiger partial charge in [-0.3, -0.25) is 4.79 Å². The number of benzene rings is 1. The molecule has 1 aliphatic heterocycles. The highest BCUT2D eigenvalue weighted by atomic mass is 16.5. The molecule has 0 bridgehead atoms. The van der Waals surface area contributed by atoms with Gasteiger partial charge in [-0.15, -0.1) is 0 Å². The zero-order chi connectivity index (χ0) is 19.9. The van der Waals surface area contributed by atoms with Crippen LogP contribution in [0.5, 0.6) is 11.5 Å². The standard InChI is InChI=1S/C20H25N3O5/c1-15-5-6-16(18(14-15)26-2)28-13-7-21-20(25)23-10-8-22(9-11-23)19(24)17-4-3-12-27-17/h3-6,12,14H,7-11,13H2,1-2H3,(H,21,25). The van der Waals surface area contributed by atoms with E-state index >= 15 is 0 Å². The van der Waals surface area contributed by atoms with Crippen molar-refractivity contribution in [1.82, 2.24) is 15.1 Å². The summed E-state index contributed by atoms with van der Waals surface area (Å²) in [5.74, 6) is 1.49. The molecule has 0 aliphatic carbocycles. The molecule has 1 aromatic heterocycles.